The Labute approximate surface area is 282 Å². The number of nitriles is 2. The maximum absolute atomic E-state index is 17.1. The molecule has 11 nitrogen and oxygen atoms in total. The fourth-order valence-corrected chi connectivity index (χ4v) is 7.54. The molecule has 49 heavy (non-hydrogen) atoms. The number of pyridine rings is 1. The molecule has 0 amide bonds. The number of aromatic nitrogens is 3. The number of methoxy groups -OCH3 is 1. The molecule has 0 spiro atoms. The summed E-state index contributed by atoms with van der Waals surface area (Å²) in [5.74, 6) is 2.80. The lowest BCUT2D eigenvalue weighted by atomic mass is 9.95. The van der Waals surface area contributed by atoms with Crippen molar-refractivity contribution in [2.75, 3.05) is 58.1 Å². The Hall–Kier alpha value is -5.29. The summed E-state index contributed by atoms with van der Waals surface area (Å²) in [4.78, 5) is 19.6. The van der Waals surface area contributed by atoms with E-state index < -0.39 is 17.5 Å². The molecule has 3 aliphatic heterocycles. The van der Waals surface area contributed by atoms with Crippen LogP contribution in [0.2, 0.25) is 0 Å². The molecular weight excluding hydrogens is 630 g/mol. The topological polar surface area (TPSA) is 124 Å². The Bertz CT molecular complexity index is 2040. The molecule has 0 bridgehead atoms. The summed E-state index contributed by atoms with van der Waals surface area (Å²) in [6, 6.07) is 10.7. The lowest BCUT2D eigenvalue weighted by molar-refractivity contribution is 0.0512. The molecule has 0 radical (unpaired) electrons. The second-order valence-corrected chi connectivity index (χ2v) is 12.7. The van der Waals surface area contributed by atoms with Crippen LogP contribution in [0.4, 0.5) is 14.6 Å². The predicted molar refractivity (Wildman–Crippen MR) is 178 cm³/mol. The summed E-state index contributed by atoms with van der Waals surface area (Å²) < 4.78 is 48.7. The van der Waals surface area contributed by atoms with Crippen LogP contribution >= 0.6 is 0 Å². The number of anilines is 1. The van der Waals surface area contributed by atoms with E-state index in [0.717, 1.165) is 24.8 Å². The van der Waals surface area contributed by atoms with Gasteiger partial charge in [0.05, 0.1) is 29.5 Å². The zero-order chi connectivity index (χ0) is 34.1. The molecule has 0 N–H and O–H groups in total. The van der Waals surface area contributed by atoms with Gasteiger partial charge in [0, 0.05) is 62.4 Å². The largest absolute Gasteiger partial charge is 0.468 e. The molecule has 2 aromatic carbocycles. The molecule has 3 aliphatic rings. The van der Waals surface area contributed by atoms with Gasteiger partial charge in [-0.15, -0.1) is 6.42 Å². The minimum absolute atomic E-state index is 0.00643. The van der Waals surface area contributed by atoms with Crippen LogP contribution in [0, 0.1) is 40.9 Å². The van der Waals surface area contributed by atoms with Crippen molar-refractivity contribution in [1.82, 2.24) is 24.8 Å². The SMILES string of the molecule is C#Cc1cccc2cc(OCOC)cc(-c3ncc4c(N5CCN(C#N)[C@@H](CC#N)C5)nc(OC[C@@]56CCCN5C[C@H](F)C6)nc4c3F)c12. The van der Waals surface area contributed by atoms with Gasteiger partial charge in [-0.1, -0.05) is 18.1 Å². The molecule has 2 aromatic heterocycles. The quantitative estimate of drug-likeness (QED) is 0.139. The third-order valence-electron chi connectivity index (χ3n) is 9.82. The third kappa shape index (κ3) is 5.88. The smallest absolute Gasteiger partial charge is 0.319 e. The van der Waals surface area contributed by atoms with E-state index in [9.17, 15) is 14.9 Å². The first-order chi connectivity index (χ1) is 23.9. The zero-order valence-electron chi connectivity index (χ0n) is 27.0. The lowest BCUT2D eigenvalue weighted by Crippen LogP contribution is -2.51. The van der Waals surface area contributed by atoms with Crippen molar-refractivity contribution < 1.29 is 23.0 Å². The normalized spacial score (nSPS) is 22.1. The monoisotopic (exact) mass is 664 g/mol. The fraction of sp³-hybridized carbons (Fsp3) is 0.417. The highest BCUT2D eigenvalue weighted by Gasteiger charge is 2.49. The summed E-state index contributed by atoms with van der Waals surface area (Å²) in [6.07, 6.45) is 10.8. The van der Waals surface area contributed by atoms with Gasteiger partial charge in [-0.05, 0) is 43.0 Å². The second-order valence-electron chi connectivity index (χ2n) is 12.7. The van der Waals surface area contributed by atoms with Crippen molar-refractivity contribution in [2.24, 2.45) is 0 Å². The first-order valence-corrected chi connectivity index (χ1v) is 16.2. The molecule has 250 valence electrons. The average molecular weight is 665 g/mol. The Morgan fingerprint density at radius 1 is 1.12 bits per heavy atom. The van der Waals surface area contributed by atoms with Gasteiger partial charge in [-0.3, -0.25) is 9.88 Å². The molecule has 0 aliphatic carbocycles. The number of alkyl halides is 1. The van der Waals surface area contributed by atoms with E-state index in [1.54, 1.807) is 23.1 Å². The van der Waals surface area contributed by atoms with Crippen LogP contribution in [0.15, 0.2) is 36.5 Å². The first kappa shape index (κ1) is 32.3. The van der Waals surface area contributed by atoms with Crippen molar-refractivity contribution in [3.8, 4) is 47.6 Å². The minimum atomic E-state index is -0.942. The van der Waals surface area contributed by atoms with Crippen LogP contribution in [0.3, 0.4) is 0 Å². The van der Waals surface area contributed by atoms with Crippen molar-refractivity contribution >= 4 is 27.5 Å². The van der Waals surface area contributed by atoms with E-state index in [1.807, 2.05) is 17.0 Å². The summed E-state index contributed by atoms with van der Waals surface area (Å²) in [5.41, 5.74) is 0.489. The Morgan fingerprint density at radius 3 is 2.80 bits per heavy atom. The number of halogens is 2. The standard InChI is InChI=1S/C36H34F2N8O3/c1-3-23-6-4-7-24-14-27(49-22-47-2)15-28(30(23)24)32-31(38)33-29(17-41-32)34(44-12-13-45(21-40)26(19-44)8-10-39)43-35(42-33)48-20-36-9-5-11-46(36)18-25(37)16-36/h1,4,6-7,14-15,17,25-26H,5,8-9,11-13,16,18-20,22H2,2H3/t25-,26+,36+/m1/s1. The van der Waals surface area contributed by atoms with E-state index in [0.29, 0.717) is 66.1 Å². The number of hydrogen-bond acceptors (Lipinski definition) is 11. The number of rotatable bonds is 9. The van der Waals surface area contributed by atoms with Gasteiger partial charge in [0.15, 0.2) is 18.8 Å². The van der Waals surface area contributed by atoms with Crippen LogP contribution in [-0.4, -0.2) is 95.7 Å². The van der Waals surface area contributed by atoms with Gasteiger partial charge >= 0.3 is 6.01 Å². The highest BCUT2D eigenvalue weighted by atomic mass is 19.1. The van der Waals surface area contributed by atoms with E-state index >= 15 is 4.39 Å². The van der Waals surface area contributed by atoms with Gasteiger partial charge < -0.3 is 24.0 Å². The van der Waals surface area contributed by atoms with Crippen LogP contribution in [-0.2, 0) is 4.74 Å². The molecule has 3 atom stereocenters. The molecule has 0 saturated carbocycles. The van der Waals surface area contributed by atoms with Crippen molar-refractivity contribution in [3.05, 3.63) is 47.9 Å². The van der Waals surface area contributed by atoms with Crippen molar-refractivity contribution in [1.29, 1.82) is 10.5 Å². The summed E-state index contributed by atoms with van der Waals surface area (Å²) in [7, 11) is 1.51. The van der Waals surface area contributed by atoms with E-state index in [2.05, 4.69) is 33.1 Å². The highest BCUT2D eigenvalue weighted by molar-refractivity contribution is 6.03. The second kappa shape index (κ2) is 13.3. The maximum atomic E-state index is 17.1. The Kier molecular flexibility index (Phi) is 8.77. The van der Waals surface area contributed by atoms with Crippen molar-refractivity contribution in [3.63, 3.8) is 0 Å². The number of terminal acetylenes is 1. The molecule has 0 unspecified atom stereocenters. The summed E-state index contributed by atoms with van der Waals surface area (Å²) in [5, 5.41) is 20.8. The van der Waals surface area contributed by atoms with Crippen LogP contribution in [0.1, 0.15) is 31.2 Å². The van der Waals surface area contributed by atoms with E-state index in [-0.39, 0.29) is 43.1 Å². The molecule has 13 heteroatoms. The number of benzene rings is 2. The predicted octanol–water partition coefficient (Wildman–Crippen LogP) is 4.79. The zero-order valence-corrected chi connectivity index (χ0v) is 27.0. The van der Waals surface area contributed by atoms with Gasteiger partial charge in [-0.2, -0.15) is 20.5 Å². The minimum Gasteiger partial charge on any atom is -0.468 e. The van der Waals surface area contributed by atoms with E-state index in [4.69, 9.17) is 25.6 Å². The molecule has 7 rings (SSSR count). The molecular formula is C36H34F2N8O3. The first-order valence-electron chi connectivity index (χ1n) is 16.2. The van der Waals surface area contributed by atoms with Crippen LogP contribution in [0.25, 0.3) is 32.9 Å². The molecule has 4 aromatic rings. The van der Waals surface area contributed by atoms with Gasteiger partial charge in [0.1, 0.15) is 35.6 Å². The fourth-order valence-electron chi connectivity index (χ4n) is 7.54. The van der Waals surface area contributed by atoms with Gasteiger partial charge in [-0.25, -0.2) is 8.78 Å². The lowest BCUT2D eigenvalue weighted by Gasteiger charge is -2.38. The average Bonchev–Trinajstić information content (AvgIpc) is 3.65. The van der Waals surface area contributed by atoms with Crippen molar-refractivity contribution in [2.45, 2.75) is 43.4 Å². The number of fused-ring (bicyclic) bond motifs is 3. The number of ether oxygens (including phenoxy) is 3. The number of nitrogens with zero attached hydrogens (tertiary/aromatic N) is 8. The summed E-state index contributed by atoms with van der Waals surface area (Å²) >= 11 is 0. The van der Waals surface area contributed by atoms with E-state index in [1.165, 1.54) is 13.3 Å². The summed E-state index contributed by atoms with van der Waals surface area (Å²) in [6.45, 7) is 2.34. The Morgan fingerprint density at radius 2 is 2.00 bits per heavy atom. The van der Waals surface area contributed by atoms with Crippen LogP contribution < -0.4 is 14.4 Å². The Balaban J connectivity index is 1.37. The maximum Gasteiger partial charge on any atom is 0.319 e. The highest BCUT2D eigenvalue weighted by Crippen LogP contribution is 2.42. The number of hydrogen-bond donors (Lipinski definition) is 0. The molecule has 3 fully saturated rings. The van der Waals surface area contributed by atoms with Gasteiger partial charge in [0.2, 0.25) is 0 Å². The molecule has 3 saturated heterocycles. The van der Waals surface area contributed by atoms with Crippen LogP contribution in [0.5, 0.6) is 11.8 Å². The molecule has 5 heterocycles. The van der Waals surface area contributed by atoms with Gasteiger partial charge in [0.25, 0.3) is 0 Å². The number of piperazine rings is 1. The third-order valence-corrected chi connectivity index (χ3v) is 9.82.